The van der Waals surface area contributed by atoms with E-state index in [9.17, 15) is 4.79 Å². The van der Waals surface area contributed by atoms with Crippen molar-refractivity contribution in [2.75, 3.05) is 13.1 Å². The van der Waals surface area contributed by atoms with Crippen LogP contribution in [0.5, 0.6) is 0 Å². The zero-order valence-electron chi connectivity index (χ0n) is 9.75. The lowest BCUT2D eigenvalue weighted by atomic mass is 10.00. The first-order chi connectivity index (χ1) is 6.92. The van der Waals surface area contributed by atoms with Gasteiger partial charge in [0.25, 0.3) is 0 Å². The molecule has 4 nitrogen and oxygen atoms in total. The van der Waals surface area contributed by atoms with E-state index in [1.54, 1.807) is 4.90 Å². The molecule has 0 aromatic rings. The molecule has 1 rings (SSSR count). The van der Waals surface area contributed by atoms with Crippen molar-refractivity contribution in [3.63, 3.8) is 0 Å². The third-order valence-electron chi connectivity index (χ3n) is 2.35. The second-order valence-corrected chi connectivity index (χ2v) is 5.00. The van der Waals surface area contributed by atoms with Crippen molar-refractivity contribution in [3.05, 3.63) is 0 Å². The highest BCUT2D eigenvalue weighted by Gasteiger charge is 2.26. The third kappa shape index (κ3) is 3.90. The molecule has 1 aliphatic rings. The molecule has 1 fully saturated rings. The summed E-state index contributed by atoms with van der Waals surface area (Å²) >= 11 is 0. The average Bonchev–Trinajstić information content (AvgIpc) is 2.15. The predicted molar refractivity (Wildman–Crippen MR) is 59.3 cm³/mol. The summed E-state index contributed by atoms with van der Waals surface area (Å²) in [5.74, 6) is 0.200. The fraction of sp³-hybridized carbons (Fsp3) is 0.818. The summed E-state index contributed by atoms with van der Waals surface area (Å²) in [7, 11) is 0. The smallest absolute Gasteiger partial charge is 0.410 e. The van der Waals surface area contributed by atoms with Crippen molar-refractivity contribution in [2.45, 2.75) is 39.2 Å². The third-order valence-corrected chi connectivity index (χ3v) is 2.35. The average molecular weight is 212 g/mol. The lowest BCUT2D eigenvalue weighted by Gasteiger charge is -2.32. The lowest BCUT2D eigenvalue weighted by molar-refractivity contribution is 0.0195. The number of nitrogens with one attached hydrogen (secondary N) is 1. The number of amides is 1. The molecular formula is C11H20N2O2. The zero-order valence-corrected chi connectivity index (χ0v) is 9.75. The number of carbonyl (C=O) groups excluding carboxylic acids is 1. The molecule has 0 spiro atoms. The fourth-order valence-electron chi connectivity index (χ4n) is 1.64. The number of ether oxygens (including phenoxy) is 1. The number of rotatable bonds is 1. The van der Waals surface area contributed by atoms with Crippen molar-refractivity contribution in [3.8, 4) is 0 Å². The number of hydrogen-bond donors (Lipinski definition) is 1. The van der Waals surface area contributed by atoms with Gasteiger partial charge < -0.3 is 15.0 Å². The molecule has 1 atom stereocenters. The van der Waals surface area contributed by atoms with E-state index in [-0.39, 0.29) is 12.0 Å². The summed E-state index contributed by atoms with van der Waals surface area (Å²) in [4.78, 5) is 13.4. The minimum absolute atomic E-state index is 0.200. The number of likely N-dealkylation sites (tertiary alicyclic amines) is 1. The van der Waals surface area contributed by atoms with Crippen LogP contribution >= 0.6 is 0 Å². The molecule has 0 radical (unpaired) electrons. The van der Waals surface area contributed by atoms with Gasteiger partial charge in [-0.2, -0.15) is 0 Å². The normalized spacial score (nSPS) is 22.3. The van der Waals surface area contributed by atoms with Crippen LogP contribution in [0.1, 0.15) is 33.6 Å². The summed E-state index contributed by atoms with van der Waals surface area (Å²) in [5.41, 5.74) is -0.436. The zero-order chi connectivity index (χ0) is 11.5. The van der Waals surface area contributed by atoms with Gasteiger partial charge in [0.2, 0.25) is 0 Å². The van der Waals surface area contributed by atoms with Crippen LogP contribution in [-0.4, -0.2) is 35.9 Å². The number of carbonyl (C=O) groups is 1. The van der Waals surface area contributed by atoms with Crippen molar-refractivity contribution >= 4 is 12.3 Å². The van der Waals surface area contributed by atoms with E-state index >= 15 is 0 Å². The molecule has 0 unspecified atom stereocenters. The Morgan fingerprint density at radius 1 is 1.53 bits per heavy atom. The van der Waals surface area contributed by atoms with Gasteiger partial charge in [-0.15, -0.1) is 0 Å². The van der Waals surface area contributed by atoms with Gasteiger partial charge in [-0.25, -0.2) is 4.79 Å². The Morgan fingerprint density at radius 2 is 2.20 bits per heavy atom. The number of hydrogen-bond acceptors (Lipinski definition) is 3. The van der Waals surface area contributed by atoms with E-state index < -0.39 is 5.60 Å². The summed E-state index contributed by atoms with van der Waals surface area (Å²) < 4.78 is 5.28. The van der Waals surface area contributed by atoms with Gasteiger partial charge in [0.05, 0.1) is 0 Å². The Balaban J connectivity index is 2.49. The highest BCUT2D eigenvalue weighted by molar-refractivity contribution is 5.69. The Bertz CT molecular complexity index is 245. The minimum Gasteiger partial charge on any atom is -0.444 e. The Morgan fingerprint density at radius 3 is 2.73 bits per heavy atom. The first kappa shape index (κ1) is 12.0. The largest absolute Gasteiger partial charge is 0.444 e. The topological polar surface area (TPSA) is 53.4 Å². The second-order valence-electron chi connectivity index (χ2n) is 5.00. The van der Waals surface area contributed by atoms with Gasteiger partial charge in [-0.05, 0) is 33.6 Å². The molecule has 1 heterocycles. The first-order valence-electron chi connectivity index (χ1n) is 5.41. The van der Waals surface area contributed by atoms with Crippen molar-refractivity contribution < 1.29 is 9.53 Å². The quantitative estimate of drug-likeness (QED) is 0.678. The van der Waals surface area contributed by atoms with Gasteiger partial charge in [0, 0.05) is 25.2 Å². The Kier molecular flexibility index (Phi) is 3.72. The maximum absolute atomic E-state index is 11.7. The van der Waals surface area contributed by atoms with Crippen LogP contribution in [0.25, 0.3) is 0 Å². The van der Waals surface area contributed by atoms with Gasteiger partial charge in [-0.3, -0.25) is 0 Å². The molecule has 86 valence electrons. The van der Waals surface area contributed by atoms with Crippen molar-refractivity contribution in [2.24, 2.45) is 5.92 Å². The Hall–Kier alpha value is -1.06. The Labute approximate surface area is 91.1 Å². The molecule has 1 saturated heterocycles. The van der Waals surface area contributed by atoms with Crippen molar-refractivity contribution in [1.82, 2.24) is 4.90 Å². The highest BCUT2D eigenvalue weighted by atomic mass is 16.6. The summed E-state index contributed by atoms with van der Waals surface area (Å²) in [5, 5.41) is 7.20. The van der Waals surface area contributed by atoms with E-state index in [1.165, 1.54) is 6.21 Å². The van der Waals surface area contributed by atoms with Crippen LogP contribution < -0.4 is 0 Å². The SMILES string of the molecule is CC(C)(C)OC(=O)N1CCC[C@@H](C=N)C1. The van der Waals surface area contributed by atoms with Gasteiger partial charge >= 0.3 is 6.09 Å². The second kappa shape index (κ2) is 4.64. The predicted octanol–water partition coefficient (Wildman–Crippen LogP) is 2.28. The standard InChI is InChI=1S/C11H20N2O2/c1-11(2,3)15-10(14)13-6-4-5-9(7-12)8-13/h7,9,12H,4-6,8H2,1-3H3/t9-/m0/s1. The van der Waals surface area contributed by atoms with Crippen LogP contribution in [0.15, 0.2) is 0 Å². The molecule has 0 saturated carbocycles. The summed E-state index contributed by atoms with van der Waals surface area (Å²) in [6.45, 7) is 6.96. The van der Waals surface area contributed by atoms with E-state index in [1.807, 2.05) is 20.8 Å². The van der Waals surface area contributed by atoms with E-state index in [4.69, 9.17) is 10.1 Å². The number of nitrogens with zero attached hydrogens (tertiary/aromatic N) is 1. The summed E-state index contributed by atoms with van der Waals surface area (Å²) in [6, 6.07) is 0. The van der Waals surface area contributed by atoms with E-state index in [0.29, 0.717) is 6.54 Å². The monoisotopic (exact) mass is 212 g/mol. The molecule has 15 heavy (non-hydrogen) atoms. The molecule has 1 N–H and O–H groups in total. The van der Waals surface area contributed by atoms with Crippen LogP contribution in [0.2, 0.25) is 0 Å². The number of piperidine rings is 1. The van der Waals surface area contributed by atoms with Gasteiger partial charge in [0.1, 0.15) is 5.60 Å². The van der Waals surface area contributed by atoms with Crippen LogP contribution in [0.4, 0.5) is 4.79 Å². The molecule has 0 aromatic carbocycles. The first-order valence-corrected chi connectivity index (χ1v) is 5.41. The van der Waals surface area contributed by atoms with Gasteiger partial charge in [0.15, 0.2) is 0 Å². The highest BCUT2D eigenvalue weighted by Crippen LogP contribution is 2.17. The maximum Gasteiger partial charge on any atom is 0.410 e. The van der Waals surface area contributed by atoms with E-state index in [0.717, 1.165) is 19.4 Å². The lowest BCUT2D eigenvalue weighted by Crippen LogP contribution is -2.43. The molecular weight excluding hydrogens is 192 g/mol. The molecule has 4 heteroatoms. The molecule has 0 aliphatic carbocycles. The van der Waals surface area contributed by atoms with E-state index in [2.05, 4.69) is 0 Å². The molecule has 1 aliphatic heterocycles. The summed E-state index contributed by atoms with van der Waals surface area (Å²) in [6.07, 6.45) is 3.13. The fourth-order valence-corrected chi connectivity index (χ4v) is 1.64. The van der Waals surface area contributed by atoms with Crippen LogP contribution in [0.3, 0.4) is 0 Å². The van der Waals surface area contributed by atoms with Gasteiger partial charge in [-0.1, -0.05) is 0 Å². The van der Waals surface area contributed by atoms with Crippen LogP contribution in [-0.2, 0) is 4.74 Å². The van der Waals surface area contributed by atoms with Crippen LogP contribution in [0, 0.1) is 11.3 Å². The molecule has 0 bridgehead atoms. The van der Waals surface area contributed by atoms with Crippen molar-refractivity contribution in [1.29, 1.82) is 5.41 Å². The molecule has 1 amide bonds. The maximum atomic E-state index is 11.7. The molecule has 0 aromatic heterocycles. The minimum atomic E-state index is -0.436.